The third-order valence-electron chi connectivity index (χ3n) is 2.01. The summed E-state index contributed by atoms with van der Waals surface area (Å²) in [6.45, 7) is 5.50. The molecule has 0 N–H and O–H groups in total. The summed E-state index contributed by atoms with van der Waals surface area (Å²) in [7, 11) is 1.60. The molecular formula is C14H17BrO3. The standard InChI is InChI=1S/C14H17BrO3/c1-14(2,3)18-13(16)8-5-10-9-11(17-4)6-7-12(10)15/h5-9H,1-4H3. The average Bonchev–Trinajstić information content (AvgIpc) is 2.25. The highest BCUT2D eigenvalue weighted by Gasteiger charge is 2.13. The van der Waals surface area contributed by atoms with Gasteiger partial charge in [-0.25, -0.2) is 4.79 Å². The molecular weight excluding hydrogens is 296 g/mol. The highest BCUT2D eigenvalue weighted by atomic mass is 79.9. The van der Waals surface area contributed by atoms with E-state index in [1.807, 2.05) is 39.0 Å². The zero-order chi connectivity index (χ0) is 13.8. The van der Waals surface area contributed by atoms with E-state index in [0.29, 0.717) is 0 Å². The zero-order valence-corrected chi connectivity index (χ0v) is 12.6. The van der Waals surface area contributed by atoms with Gasteiger partial charge < -0.3 is 9.47 Å². The molecule has 0 radical (unpaired) electrons. The van der Waals surface area contributed by atoms with Crippen LogP contribution in [0.1, 0.15) is 26.3 Å². The van der Waals surface area contributed by atoms with Gasteiger partial charge in [0.1, 0.15) is 11.4 Å². The minimum absolute atomic E-state index is 0.364. The molecule has 0 aliphatic rings. The number of carbonyl (C=O) groups is 1. The van der Waals surface area contributed by atoms with Gasteiger partial charge in [-0.1, -0.05) is 15.9 Å². The smallest absolute Gasteiger partial charge is 0.331 e. The maximum absolute atomic E-state index is 11.5. The summed E-state index contributed by atoms with van der Waals surface area (Å²) in [5, 5.41) is 0. The molecule has 0 aliphatic carbocycles. The van der Waals surface area contributed by atoms with Crippen molar-refractivity contribution in [1.82, 2.24) is 0 Å². The van der Waals surface area contributed by atoms with Crippen LogP contribution in [0.5, 0.6) is 5.75 Å². The van der Waals surface area contributed by atoms with Gasteiger partial charge in [-0.3, -0.25) is 0 Å². The summed E-state index contributed by atoms with van der Waals surface area (Å²) < 4.78 is 11.2. The largest absolute Gasteiger partial charge is 0.497 e. The predicted octanol–water partition coefficient (Wildman–Crippen LogP) is 3.81. The Kier molecular flexibility index (Phi) is 4.96. The molecule has 0 unspecified atom stereocenters. The van der Waals surface area contributed by atoms with Gasteiger partial charge in [0.15, 0.2) is 0 Å². The minimum Gasteiger partial charge on any atom is -0.497 e. The van der Waals surface area contributed by atoms with E-state index >= 15 is 0 Å². The summed E-state index contributed by atoms with van der Waals surface area (Å²) in [6.07, 6.45) is 3.10. The number of rotatable bonds is 3. The first-order chi connectivity index (χ1) is 8.31. The molecule has 0 fully saturated rings. The molecule has 0 aliphatic heterocycles. The van der Waals surface area contributed by atoms with E-state index in [1.54, 1.807) is 13.2 Å². The topological polar surface area (TPSA) is 35.5 Å². The lowest BCUT2D eigenvalue weighted by Gasteiger charge is -2.17. The molecule has 0 bridgehead atoms. The Morgan fingerprint density at radius 2 is 2.00 bits per heavy atom. The fourth-order valence-corrected chi connectivity index (χ4v) is 1.65. The number of esters is 1. The van der Waals surface area contributed by atoms with Crippen molar-refractivity contribution in [3.8, 4) is 5.75 Å². The molecule has 0 saturated heterocycles. The Labute approximate surface area is 116 Å². The molecule has 4 heteroatoms. The lowest BCUT2D eigenvalue weighted by Crippen LogP contribution is -2.22. The van der Waals surface area contributed by atoms with E-state index in [1.165, 1.54) is 6.08 Å². The van der Waals surface area contributed by atoms with Gasteiger partial charge >= 0.3 is 5.97 Å². The predicted molar refractivity (Wildman–Crippen MR) is 75.6 cm³/mol. The van der Waals surface area contributed by atoms with Crippen LogP contribution in [-0.2, 0) is 9.53 Å². The van der Waals surface area contributed by atoms with Crippen LogP contribution in [0.4, 0.5) is 0 Å². The SMILES string of the molecule is COc1ccc(Br)c(C=CC(=O)OC(C)(C)C)c1. The van der Waals surface area contributed by atoms with E-state index in [9.17, 15) is 4.79 Å². The maximum atomic E-state index is 11.5. The number of methoxy groups -OCH3 is 1. The molecule has 0 amide bonds. The maximum Gasteiger partial charge on any atom is 0.331 e. The van der Waals surface area contributed by atoms with Crippen LogP contribution in [0, 0.1) is 0 Å². The molecule has 0 atom stereocenters. The van der Waals surface area contributed by atoms with Crippen molar-refractivity contribution in [2.75, 3.05) is 7.11 Å². The molecule has 0 saturated carbocycles. The second-order valence-electron chi connectivity index (χ2n) is 4.75. The molecule has 98 valence electrons. The van der Waals surface area contributed by atoms with Crippen molar-refractivity contribution in [1.29, 1.82) is 0 Å². The fraction of sp³-hybridized carbons (Fsp3) is 0.357. The van der Waals surface area contributed by atoms with Crippen molar-refractivity contribution >= 4 is 28.0 Å². The van der Waals surface area contributed by atoms with Crippen molar-refractivity contribution in [2.24, 2.45) is 0 Å². The first kappa shape index (κ1) is 14.8. The summed E-state index contributed by atoms with van der Waals surface area (Å²) in [6, 6.07) is 5.55. The number of hydrogen-bond donors (Lipinski definition) is 0. The van der Waals surface area contributed by atoms with Crippen molar-refractivity contribution < 1.29 is 14.3 Å². The Morgan fingerprint density at radius 3 is 2.56 bits per heavy atom. The summed E-state index contributed by atoms with van der Waals surface area (Å²) in [5.74, 6) is 0.374. The molecule has 18 heavy (non-hydrogen) atoms. The Hall–Kier alpha value is -1.29. The molecule has 0 spiro atoms. The van der Waals surface area contributed by atoms with Crippen LogP contribution in [-0.4, -0.2) is 18.7 Å². The average molecular weight is 313 g/mol. The van der Waals surface area contributed by atoms with Crippen LogP contribution in [0.2, 0.25) is 0 Å². The van der Waals surface area contributed by atoms with Crippen LogP contribution in [0.25, 0.3) is 6.08 Å². The van der Waals surface area contributed by atoms with E-state index in [4.69, 9.17) is 9.47 Å². The summed E-state index contributed by atoms with van der Waals surface area (Å²) in [4.78, 5) is 11.5. The number of halogens is 1. The number of hydrogen-bond acceptors (Lipinski definition) is 3. The van der Waals surface area contributed by atoms with Gasteiger partial charge in [0.05, 0.1) is 7.11 Å². The Balaban J connectivity index is 2.81. The fourth-order valence-electron chi connectivity index (χ4n) is 1.27. The second kappa shape index (κ2) is 6.05. The Morgan fingerprint density at radius 1 is 1.33 bits per heavy atom. The molecule has 0 heterocycles. The van der Waals surface area contributed by atoms with E-state index in [0.717, 1.165) is 15.8 Å². The van der Waals surface area contributed by atoms with Crippen LogP contribution in [0.3, 0.4) is 0 Å². The van der Waals surface area contributed by atoms with E-state index < -0.39 is 5.60 Å². The van der Waals surface area contributed by atoms with Crippen molar-refractivity contribution in [2.45, 2.75) is 26.4 Å². The molecule has 1 aromatic carbocycles. The number of benzene rings is 1. The number of carbonyl (C=O) groups excluding carboxylic acids is 1. The summed E-state index contributed by atoms with van der Waals surface area (Å²) >= 11 is 3.41. The van der Waals surface area contributed by atoms with Gasteiger partial charge in [0, 0.05) is 10.5 Å². The third kappa shape index (κ3) is 4.92. The lowest BCUT2D eigenvalue weighted by atomic mass is 10.2. The normalized spacial score (nSPS) is 11.6. The lowest BCUT2D eigenvalue weighted by molar-refractivity contribution is -0.148. The summed E-state index contributed by atoms with van der Waals surface area (Å²) in [5.41, 5.74) is 0.382. The first-order valence-electron chi connectivity index (χ1n) is 5.56. The van der Waals surface area contributed by atoms with Crippen molar-refractivity contribution in [3.05, 3.63) is 34.3 Å². The quantitative estimate of drug-likeness (QED) is 0.629. The molecule has 0 aromatic heterocycles. The van der Waals surface area contributed by atoms with Gasteiger partial charge in [0.25, 0.3) is 0 Å². The third-order valence-corrected chi connectivity index (χ3v) is 2.73. The first-order valence-corrected chi connectivity index (χ1v) is 6.36. The highest BCUT2D eigenvalue weighted by molar-refractivity contribution is 9.10. The molecule has 3 nitrogen and oxygen atoms in total. The van der Waals surface area contributed by atoms with Crippen molar-refractivity contribution in [3.63, 3.8) is 0 Å². The van der Waals surface area contributed by atoms with Crippen LogP contribution in [0.15, 0.2) is 28.7 Å². The minimum atomic E-state index is -0.479. The van der Waals surface area contributed by atoms with Gasteiger partial charge in [-0.05, 0) is 50.6 Å². The zero-order valence-electron chi connectivity index (χ0n) is 11.0. The van der Waals surface area contributed by atoms with Crippen LogP contribution < -0.4 is 4.74 Å². The highest BCUT2D eigenvalue weighted by Crippen LogP contribution is 2.23. The Bertz CT molecular complexity index is 459. The van der Waals surface area contributed by atoms with E-state index in [-0.39, 0.29) is 5.97 Å². The van der Waals surface area contributed by atoms with Gasteiger partial charge in [0.2, 0.25) is 0 Å². The van der Waals surface area contributed by atoms with E-state index in [2.05, 4.69) is 15.9 Å². The molecule has 1 aromatic rings. The number of ether oxygens (including phenoxy) is 2. The van der Waals surface area contributed by atoms with Gasteiger partial charge in [-0.2, -0.15) is 0 Å². The monoisotopic (exact) mass is 312 g/mol. The molecule has 1 rings (SSSR count). The van der Waals surface area contributed by atoms with Crippen LogP contribution >= 0.6 is 15.9 Å². The second-order valence-corrected chi connectivity index (χ2v) is 5.61. The van der Waals surface area contributed by atoms with Gasteiger partial charge in [-0.15, -0.1) is 0 Å².